The van der Waals surface area contributed by atoms with Gasteiger partial charge >= 0.3 is 0 Å². The average Bonchev–Trinajstić information content (AvgIpc) is 2.84. The van der Waals surface area contributed by atoms with Crippen molar-refractivity contribution in [2.75, 3.05) is 20.2 Å². The summed E-state index contributed by atoms with van der Waals surface area (Å²) in [6, 6.07) is 12.7. The van der Waals surface area contributed by atoms with Gasteiger partial charge in [0.05, 0.1) is 5.69 Å². The van der Waals surface area contributed by atoms with Crippen molar-refractivity contribution in [1.29, 1.82) is 0 Å². The lowest BCUT2D eigenvalue weighted by atomic mass is 9.94. The molecular weight excluding hydrogens is 444 g/mol. The number of nitrogens with zero attached hydrogens (tertiary/aromatic N) is 3. The van der Waals surface area contributed by atoms with Gasteiger partial charge in [-0.1, -0.05) is 50.3 Å². The third-order valence-electron chi connectivity index (χ3n) is 5.80. The zero-order valence-corrected chi connectivity index (χ0v) is 20.7. The molecule has 0 saturated carbocycles. The van der Waals surface area contributed by atoms with E-state index in [1.807, 2.05) is 45.0 Å². The topological polar surface area (TPSA) is 105 Å². The quantitative estimate of drug-likeness (QED) is 0.494. The molecule has 3 rings (SSSR count). The maximum Gasteiger partial charge on any atom is 0.265 e. The van der Waals surface area contributed by atoms with Crippen LogP contribution in [0.1, 0.15) is 41.0 Å². The van der Waals surface area contributed by atoms with E-state index in [1.165, 1.54) is 15.5 Å². The van der Waals surface area contributed by atoms with E-state index < -0.39 is 16.9 Å². The van der Waals surface area contributed by atoms with Gasteiger partial charge in [-0.05, 0) is 36.8 Å². The number of carbonyl (C=O) groups excluding carboxylic acids is 2. The van der Waals surface area contributed by atoms with Crippen LogP contribution in [0.15, 0.2) is 53.8 Å². The summed E-state index contributed by atoms with van der Waals surface area (Å²) in [5, 5.41) is 12.9. The molecule has 0 spiro atoms. The molecule has 0 aliphatic heterocycles. The maximum absolute atomic E-state index is 13.4. The minimum Gasteiger partial charge on any atom is -0.396 e. The first-order valence-corrected chi connectivity index (χ1v) is 11.4. The monoisotopic (exact) mass is 476 g/mol. The maximum atomic E-state index is 13.4. The SMILES string of the molecule is C=Cc1ccc2cc(C(=O)NCc3ccc(C)cc3)c(=O)n(CC(=O)N(C)CC(C)(C)CO)c2n1. The van der Waals surface area contributed by atoms with Crippen molar-refractivity contribution < 1.29 is 14.7 Å². The fourth-order valence-corrected chi connectivity index (χ4v) is 3.70. The number of carbonyl (C=O) groups is 2. The lowest BCUT2D eigenvalue weighted by Crippen LogP contribution is -2.41. The van der Waals surface area contributed by atoms with Crippen LogP contribution in [0.3, 0.4) is 0 Å². The van der Waals surface area contributed by atoms with Crippen LogP contribution in [0, 0.1) is 12.3 Å². The summed E-state index contributed by atoms with van der Waals surface area (Å²) in [4.78, 5) is 45.3. The van der Waals surface area contributed by atoms with Crippen LogP contribution in [0.5, 0.6) is 0 Å². The molecule has 0 fully saturated rings. The number of aliphatic hydroxyl groups excluding tert-OH is 1. The van der Waals surface area contributed by atoms with E-state index in [1.54, 1.807) is 25.3 Å². The zero-order chi connectivity index (χ0) is 25.8. The van der Waals surface area contributed by atoms with E-state index in [0.717, 1.165) is 11.1 Å². The van der Waals surface area contributed by atoms with Gasteiger partial charge in [0, 0.05) is 37.5 Å². The molecule has 8 nitrogen and oxygen atoms in total. The smallest absolute Gasteiger partial charge is 0.265 e. The van der Waals surface area contributed by atoms with Gasteiger partial charge in [0.2, 0.25) is 5.91 Å². The molecule has 0 radical (unpaired) electrons. The van der Waals surface area contributed by atoms with Crippen LogP contribution >= 0.6 is 0 Å². The normalized spacial score (nSPS) is 11.3. The average molecular weight is 477 g/mol. The summed E-state index contributed by atoms with van der Waals surface area (Å²) in [6.45, 7) is 9.57. The van der Waals surface area contributed by atoms with E-state index in [9.17, 15) is 19.5 Å². The number of likely N-dealkylation sites (N-methyl/N-ethyl adjacent to an activating group) is 1. The van der Waals surface area contributed by atoms with Crippen LogP contribution < -0.4 is 10.9 Å². The molecule has 8 heteroatoms. The first-order valence-electron chi connectivity index (χ1n) is 11.4. The van der Waals surface area contributed by atoms with Gasteiger partial charge in [-0.2, -0.15) is 0 Å². The summed E-state index contributed by atoms with van der Waals surface area (Å²) in [5.74, 6) is -0.862. The second-order valence-corrected chi connectivity index (χ2v) is 9.54. The molecule has 0 aliphatic rings. The standard InChI is InChI=1S/C27H32N4O4/c1-6-21-12-11-20-13-22(25(34)28-14-19-9-7-18(2)8-10-19)26(35)31(24(20)29-21)15-23(33)30(5)16-27(3,4)17-32/h6-13,32H,1,14-17H2,2-5H3,(H,28,34). The number of pyridine rings is 2. The zero-order valence-electron chi connectivity index (χ0n) is 20.7. The molecule has 0 unspecified atom stereocenters. The Morgan fingerprint density at radius 2 is 1.89 bits per heavy atom. The van der Waals surface area contributed by atoms with Gasteiger partial charge in [-0.15, -0.1) is 0 Å². The molecule has 0 aliphatic carbocycles. The summed E-state index contributed by atoms with van der Waals surface area (Å²) in [5.41, 5.74) is 1.70. The van der Waals surface area contributed by atoms with E-state index >= 15 is 0 Å². The van der Waals surface area contributed by atoms with Gasteiger partial charge in [0.15, 0.2) is 0 Å². The number of aryl methyl sites for hydroxylation is 1. The Hall–Kier alpha value is -3.78. The number of aromatic nitrogens is 2. The number of amides is 2. The van der Waals surface area contributed by atoms with Crippen LogP contribution in [0.4, 0.5) is 0 Å². The Kier molecular flexibility index (Phi) is 7.86. The number of benzene rings is 1. The molecule has 3 aromatic rings. The van der Waals surface area contributed by atoms with Crippen molar-refractivity contribution in [3.8, 4) is 0 Å². The van der Waals surface area contributed by atoms with Crippen LogP contribution in [-0.4, -0.2) is 51.6 Å². The minimum absolute atomic E-state index is 0.0658. The molecule has 2 N–H and O–H groups in total. The van der Waals surface area contributed by atoms with Crippen LogP contribution in [0.2, 0.25) is 0 Å². The van der Waals surface area contributed by atoms with E-state index in [2.05, 4.69) is 16.9 Å². The Balaban J connectivity index is 1.96. The Labute approximate surface area is 204 Å². The van der Waals surface area contributed by atoms with Crippen molar-refractivity contribution >= 4 is 28.9 Å². The largest absolute Gasteiger partial charge is 0.396 e. The highest BCUT2D eigenvalue weighted by atomic mass is 16.3. The number of nitrogens with one attached hydrogen (secondary N) is 1. The summed E-state index contributed by atoms with van der Waals surface area (Å²) in [6.07, 6.45) is 1.55. The van der Waals surface area contributed by atoms with Crippen molar-refractivity contribution in [1.82, 2.24) is 19.8 Å². The Morgan fingerprint density at radius 3 is 2.51 bits per heavy atom. The van der Waals surface area contributed by atoms with Gasteiger partial charge in [0.25, 0.3) is 11.5 Å². The lowest BCUT2D eigenvalue weighted by molar-refractivity contribution is -0.132. The van der Waals surface area contributed by atoms with E-state index in [4.69, 9.17) is 0 Å². The number of aliphatic hydroxyl groups is 1. The van der Waals surface area contributed by atoms with Crippen LogP contribution in [0.25, 0.3) is 17.1 Å². The molecule has 0 saturated heterocycles. The predicted octanol–water partition coefficient (Wildman–Crippen LogP) is 2.75. The molecule has 0 bridgehead atoms. The highest BCUT2D eigenvalue weighted by molar-refractivity contribution is 5.97. The number of hydrogen-bond acceptors (Lipinski definition) is 5. The highest BCUT2D eigenvalue weighted by Crippen LogP contribution is 2.17. The van der Waals surface area contributed by atoms with Gasteiger partial charge in [-0.3, -0.25) is 19.0 Å². The van der Waals surface area contributed by atoms with Gasteiger partial charge in [0.1, 0.15) is 17.8 Å². The molecule has 2 heterocycles. The Bertz CT molecular complexity index is 1310. The van der Waals surface area contributed by atoms with Gasteiger partial charge in [-0.25, -0.2) is 4.98 Å². The number of fused-ring (bicyclic) bond motifs is 1. The first kappa shape index (κ1) is 25.8. The molecule has 0 atom stereocenters. The Morgan fingerprint density at radius 1 is 1.20 bits per heavy atom. The fraction of sp³-hybridized carbons (Fsp3) is 0.333. The summed E-state index contributed by atoms with van der Waals surface area (Å²) in [7, 11) is 1.62. The molecular formula is C27H32N4O4. The van der Waals surface area contributed by atoms with Crippen LogP contribution in [-0.2, 0) is 17.9 Å². The van der Waals surface area contributed by atoms with Crippen molar-refractivity contribution in [3.63, 3.8) is 0 Å². The lowest BCUT2D eigenvalue weighted by Gasteiger charge is -2.28. The molecule has 35 heavy (non-hydrogen) atoms. The third-order valence-corrected chi connectivity index (χ3v) is 5.80. The second kappa shape index (κ2) is 10.7. The van der Waals surface area contributed by atoms with E-state index in [-0.39, 0.29) is 31.2 Å². The predicted molar refractivity (Wildman–Crippen MR) is 137 cm³/mol. The van der Waals surface area contributed by atoms with E-state index in [0.29, 0.717) is 23.3 Å². The molecule has 1 aromatic carbocycles. The van der Waals surface area contributed by atoms with Crippen molar-refractivity contribution in [3.05, 3.63) is 81.8 Å². The van der Waals surface area contributed by atoms with Crippen molar-refractivity contribution in [2.24, 2.45) is 5.41 Å². The van der Waals surface area contributed by atoms with Gasteiger partial charge < -0.3 is 15.3 Å². The number of hydrogen-bond donors (Lipinski definition) is 2. The first-order chi connectivity index (χ1) is 16.5. The number of rotatable bonds is 9. The molecule has 2 aromatic heterocycles. The summed E-state index contributed by atoms with van der Waals surface area (Å²) < 4.78 is 1.23. The molecule has 184 valence electrons. The third kappa shape index (κ3) is 6.22. The summed E-state index contributed by atoms with van der Waals surface area (Å²) >= 11 is 0. The second-order valence-electron chi connectivity index (χ2n) is 9.54. The van der Waals surface area contributed by atoms with Crippen molar-refractivity contribution in [2.45, 2.75) is 33.9 Å². The molecule has 2 amide bonds. The fourth-order valence-electron chi connectivity index (χ4n) is 3.70. The highest BCUT2D eigenvalue weighted by Gasteiger charge is 2.24. The minimum atomic E-state index is -0.601.